The number of nitrogens with one attached hydrogen (secondary N) is 1. The Morgan fingerprint density at radius 3 is 2.95 bits per heavy atom. The smallest absolute Gasteiger partial charge is 0.213 e. The Morgan fingerprint density at radius 1 is 1.24 bits per heavy atom. The normalized spacial score (nSPS) is 23.8. The molecule has 0 saturated carbocycles. The van der Waals surface area contributed by atoms with Gasteiger partial charge in [0.2, 0.25) is 5.52 Å². The molecule has 0 amide bonds. The molecule has 1 aromatic heterocycles. The number of para-hydroxylation sites is 1. The van der Waals surface area contributed by atoms with Crippen molar-refractivity contribution in [2.24, 2.45) is 5.92 Å². The minimum Gasteiger partial charge on any atom is -0.398 e. The number of allylic oxidation sites excluding steroid dienone is 1. The molecule has 2 aliphatic carbocycles. The van der Waals surface area contributed by atoms with Crippen LogP contribution in [0.3, 0.4) is 0 Å². The molecule has 108 valence electrons. The number of quaternary nitrogens is 1. The topological polar surface area (TPSA) is 67.8 Å². The standard InChI is InChI=1S/C18H21N3/c19-6-5-11-7-12-9-13(8-11)17-16(10-12)21-15-4-2-1-3-14(15)18(17)20/h1-4,7,12-13H,5-6,8-10,19H2,(H2,20,21)/p+2. The van der Waals surface area contributed by atoms with Gasteiger partial charge in [-0.25, -0.2) is 4.98 Å². The quantitative estimate of drug-likeness (QED) is 0.810. The van der Waals surface area contributed by atoms with Gasteiger partial charge in [-0.05, 0) is 30.7 Å². The monoisotopic (exact) mass is 281 g/mol. The first kappa shape index (κ1) is 12.8. The highest BCUT2D eigenvalue weighted by molar-refractivity contribution is 5.90. The van der Waals surface area contributed by atoms with Crippen LogP contribution in [-0.4, -0.2) is 6.54 Å². The van der Waals surface area contributed by atoms with Gasteiger partial charge in [-0.1, -0.05) is 23.8 Å². The highest BCUT2D eigenvalue weighted by Gasteiger charge is 2.36. The lowest BCUT2D eigenvalue weighted by Crippen LogP contribution is -2.50. The van der Waals surface area contributed by atoms with Crippen LogP contribution in [0.2, 0.25) is 0 Å². The van der Waals surface area contributed by atoms with Gasteiger partial charge in [-0.15, -0.1) is 0 Å². The third-order valence-electron chi connectivity index (χ3n) is 5.06. The molecule has 1 heterocycles. The van der Waals surface area contributed by atoms with Gasteiger partial charge >= 0.3 is 0 Å². The van der Waals surface area contributed by atoms with Crippen molar-refractivity contribution in [3.05, 3.63) is 47.2 Å². The Balaban J connectivity index is 1.85. The van der Waals surface area contributed by atoms with E-state index in [2.05, 4.69) is 41.1 Å². The first-order valence-corrected chi connectivity index (χ1v) is 7.97. The maximum Gasteiger partial charge on any atom is 0.213 e. The van der Waals surface area contributed by atoms with Crippen molar-refractivity contribution in [1.29, 1.82) is 0 Å². The van der Waals surface area contributed by atoms with E-state index >= 15 is 0 Å². The van der Waals surface area contributed by atoms with Crippen molar-refractivity contribution in [1.82, 2.24) is 0 Å². The SMILES string of the molecule is Nc1c2c([nH+]c3ccccc13)CC1C=C(CC[NH3+])CC2C1. The minimum absolute atomic E-state index is 0.589. The molecular weight excluding hydrogens is 258 g/mol. The summed E-state index contributed by atoms with van der Waals surface area (Å²) in [6.45, 7) is 0.997. The van der Waals surface area contributed by atoms with Gasteiger partial charge in [0.25, 0.3) is 0 Å². The number of aromatic nitrogens is 1. The molecule has 2 aliphatic rings. The second-order valence-electron chi connectivity index (χ2n) is 6.51. The van der Waals surface area contributed by atoms with Crippen LogP contribution in [0, 0.1) is 5.92 Å². The zero-order valence-electron chi connectivity index (χ0n) is 12.4. The van der Waals surface area contributed by atoms with E-state index in [9.17, 15) is 0 Å². The minimum atomic E-state index is 0.589. The lowest BCUT2D eigenvalue weighted by molar-refractivity contribution is -0.366. The Bertz CT molecular complexity index is 733. The molecule has 2 bridgehead atoms. The zero-order valence-corrected chi connectivity index (χ0v) is 12.4. The molecule has 3 heteroatoms. The third-order valence-corrected chi connectivity index (χ3v) is 5.06. The fraction of sp³-hybridized carbons (Fsp3) is 0.389. The van der Waals surface area contributed by atoms with Crippen LogP contribution < -0.4 is 16.5 Å². The molecule has 0 aliphatic heterocycles. The Labute approximate surface area is 125 Å². The second kappa shape index (κ2) is 4.85. The first-order valence-electron chi connectivity index (χ1n) is 7.97. The predicted molar refractivity (Wildman–Crippen MR) is 84.5 cm³/mol. The number of nitrogen functional groups attached to an aromatic ring is 1. The molecular formula is C18H23N3+2. The number of H-pyrrole nitrogens is 1. The largest absolute Gasteiger partial charge is 0.398 e. The summed E-state index contributed by atoms with van der Waals surface area (Å²) in [5.41, 5.74) is 17.0. The lowest BCUT2D eigenvalue weighted by atomic mass is 9.70. The number of anilines is 1. The van der Waals surface area contributed by atoms with E-state index in [0.29, 0.717) is 11.8 Å². The molecule has 4 rings (SSSR count). The van der Waals surface area contributed by atoms with E-state index in [-0.39, 0.29) is 0 Å². The molecule has 3 nitrogen and oxygen atoms in total. The van der Waals surface area contributed by atoms with Crippen LogP contribution >= 0.6 is 0 Å². The van der Waals surface area contributed by atoms with Crippen LogP contribution in [0.5, 0.6) is 0 Å². The predicted octanol–water partition coefficient (Wildman–Crippen LogP) is 1.84. The molecule has 2 atom stereocenters. The summed E-state index contributed by atoms with van der Waals surface area (Å²) in [5, 5.41) is 1.17. The van der Waals surface area contributed by atoms with Gasteiger partial charge in [0.15, 0.2) is 5.69 Å². The summed E-state index contributed by atoms with van der Waals surface area (Å²) in [5.74, 6) is 1.26. The third kappa shape index (κ3) is 2.04. The van der Waals surface area contributed by atoms with Crippen molar-refractivity contribution in [3.63, 3.8) is 0 Å². The highest BCUT2D eigenvalue weighted by atomic mass is 14.7. The van der Waals surface area contributed by atoms with Crippen LogP contribution in [0.1, 0.15) is 36.4 Å². The molecule has 1 aromatic carbocycles. The van der Waals surface area contributed by atoms with Crippen LogP contribution in [0.15, 0.2) is 35.9 Å². The number of fused-ring (bicyclic) bond motifs is 5. The Hall–Kier alpha value is -1.87. The van der Waals surface area contributed by atoms with Crippen molar-refractivity contribution < 1.29 is 10.7 Å². The van der Waals surface area contributed by atoms with E-state index in [1.807, 2.05) is 0 Å². The Morgan fingerprint density at radius 2 is 2.10 bits per heavy atom. The van der Waals surface area contributed by atoms with E-state index in [0.717, 1.165) is 37.0 Å². The Kier molecular flexibility index (Phi) is 2.96. The average molecular weight is 281 g/mol. The molecule has 0 fully saturated rings. The van der Waals surface area contributed by atoms with Crippen molar-refractivity contribution >= 4 is 16.6 Å². The first-order chi connectivity index (χ1) is 10.3. The number of aromatic amines is 1. The summed E-state index contributed by atoms with van der Waals surface area (Å²) >= 11 is 0. The van der Waals surface area contributed by atoms with Crippen LogP contribution in [-0.2, 0) is 6.42 Å². The van der Waals surface area contributed by atoms with Crippen molar-refractivity contribution in [2.75, 3.05) is 12.3 Å². The molecule has 6 N–H and O–H groups in total. The van der Waals surface area contributed by atoms with Gasteiger partial charge in [0.1, 0.15) is 0 Å². The number of rotatable bonds is 2. The molecule has 0 radical (unpaired) electrons. The summed E-state index contributed by atoms with van der Waals surface area (Å²) in [4.78, 5) is 3.64. The van der Waals surface area contributed by atoms with E-state index in [4.69, 9.17) is 5.73 Å². The van der Waals surface area contributed by atoms with E-state index in [1.54, 1.807) is 5.57 Å². The van der Waals surface area contributed by atoms with Gasteiger partial charge < -0.3 is 11.5 Å². The average Bonchev–Trinajstić information content (AvgIpc) is 2.47. The van der Waals surface area contributed by atoms with Crippen molar-refractivity contribution in [2.45, 2.75) is 31.6 Å². The summed E-state index contributed by atoms with van der Waals surface area (Å²) in [7, 11) is 0. The van der Waals surface area contributed by atoms with Crippen LogP contribution in [0.25, 0.3) is 10.9 Å². The number of hydrogen-bond acceptors (Lipinski definition) is 1. The maximum absolute atomic E-state index is 6.54. The fourth-order valence-corrected chi connectivity index (χ4v) is 4.26. The van der Waals surface area contributed by atoms with E-state index in [1.165, 1.54) is 23.1 Å². The maximum atomic E-state index is 6.54. The molecule has 0 saturated heterocycles. The molecule has 2 unspecified atom stereocenters. The summed E-state index contributed by atoms with van der Waals surface area (Å²) in [6, 6.07) is 8.39. The zero-order chi connectivity index (χ0) is 14.4. The lowest BCUT2D eigenvalue weighted by Gasteiger charge is -2.33. The number of nitrogens with two attached hydrogens (primary N) is 1. The van der Waals surface area contributed by atoms with Gasteiger partial charge in [-0.2, -0.15) is 0 Å². The van der Waals surface area contributed by atoms with Gasteiger partial charge in [-0.3, -0.25) is 0 Å². The molecule has 21 heavy (non-hydrogen) atoms. The van der Waals surface area contributed by atoms with Crippen molar-refractivity contribution in [3.8, 4) is 0 Å². The summed E-state index contributed by atoms with van der Waals surface area (Å²) < 4.78 is 0. The highest BCUT2D eigenvalue weighted by Crippen LogP contribution is 2.45. The molecule has 2 aromatic rings. The molecule has 0 spiro atoms. The van der Waals surface area contributed by atoms with Gasteiger partial charge in [0.05, 0.1) is 17.6 Å². The summed E-state index contributed by atoms with van der Waals surface area (Å²) in [6.07, 6.45) is 7.16. The second-order valence-corrected chi connectivity index (χ2v) is 6.51. The van der Waals surface area contributed by atoms with Crippen LogP contribution in [0.4, 0.5) is 5.69 Å². The number of benzene rings is 1. The van der Waals surface area contributed by atoms with Gasteiger partial charge in [0, 0.05) is 24.5 Å². The fourth-order valence-electron chi connectivity index (χ4n) is 4.26. The number of hydrogen-bond donors (Lipinski definition) is 2. The number of pyridine rings is 1. The van der Waals surface area contributed by atoms with E-state index < -0.39 is 0 Å².